The molecule has 0 radical (unpaired) electrons. The first-order valence-corrected chi connectivity index (χ1v) is 11.9. The predicted molar refractivity (Wildman–Crippen MR) is 126 cm³/mol. The van der Waals surface area contributed by atoms with Gasteiger partial charge in [0.1, 0.15) is 11.4 Å². The molecule has 1 saturated carbocycles. The number of alkyl halides is 2. The van der Waals surface area contributed by atoms with Crippen molar-refractivity contribution in [3.63, 3.8) is 0 Å². The molecule has 4 rings (SSSR count). The van der Waals surface area contributed by atoms with Gasteiger partial charge in [-0.25, -0.2) is 18.7 Å². The number of rotatable bonds is 5. The molecule has 1 aliphatic rings. The molecular formula is C23H25F2N3O2S2. The molecule has 0 aliphatic heterocycles. The van der Waals surface area contributed by atoms with Gasteiger partial charge in [-0.05, 0) is 63.8 Å². The minimum Gasteiger partial charge on any atom is -0.386 e. The number of thiol groups is 1. The zero-order valence-electron chi connectivity index (χ0n) is 17.8. The Bertz CT molecular complexity index is 1140. The molecule has 2 heterocycles. The lowest BCUT2D eigenvalue weighted by atomic mass is 9.89. The molecule has 170 valence electrons. The van der Waals surface area contributed by atoms with Crippen LogP contribution in [-0.2, 0) is 5.60 Å². The van der Waals surface area contributed by atoms with Gasteiger partial charge in [0.05, 0.1) is 20.8 Å². The Kier molecular flexibility index (Phi) is 6.51. The third kappa shape index (κ3) is 4.94. The standard InChI is InChI=1S/C23H25F2N3O2S2/c1-23(2,30)14-10-18-19(32-22(28-18)12-6-8-13(31)9-7-12)11-17(14)27-21(29)16-5-3-4-15(26-16)20(24)25/h3-5,10-13,20,30-31H,6-9H2,1-2H3,(H,27,29). The van der Waals surface area contributed by atoms with E-state index in [2.05, 4.69) is 22.9 Å². The molecule has 0 atom stereocenters. The Hall–Kier alpha value is -2.10. The molecule has 1 aliphatic carbocycles. The fraction of sp³-hybridized carbons (Fsp3) is 0.435. The van der Waals surface area contributed by atoms with Crippen molar-refractivity contribution in [3.05, 3.63) is 52.3 Å². The zero-order valence-corrected chi connectivity index (χ0v) is 19.5. The van der Waals surface area contributed by atoms with E-state index in [1.165, 1.54) is 18.2 Å². The predicted octanol–water partition coefficient (Wildman–Crippen LogP) is 6.06. The van der Waals surface area contributed by atoms with Crippen LogP contribution in [0.3, 0.4) is 0 Å². The van der Waals surface area contributed by atoms with Crippen LogP contribution in [0.4, 0.5) is 14.5 Å². The molecule has 1 amide bonds. The first-order chi connectivity index (χ1) is 15.1. The second-order valence-electron chi connectivity index (χ2n) is 8.68. The minimum atomic E-state index is -2.76. The number of halogens is 2. The third-order valence-electron chi connectivity index (χ3n) is 5.72. The molecule has 2 N–H and O–H groups in total. The number of pyridine rings is 1. The molecule has 5 nitrogen and oxygen atoms in total. The highest BCUT2D eigenvalue weighted by molar-refractivity contribution is 7.80. The summed E-state index contributed by atoms with van der Waals surface area (Å²) in [6.07, 6.45) is 1.44. The van der Waals surface area contributed by atoms with Crippen LogP contribution in [0.25, 0.3) is 10.2 Å². The van der Waals surface area contributed by atoms with Gasteiger partial charge in [-0.1, -0.05) is 6.07 Å². The van der Waals surface area contributed by atoms with Gasteiger partial charge in [0.15, 0.2) is 0 Å². The average molecular weight is 478 g/mol. The quantitative estimate of drug-likeness (QED) is 0.390. The molecule has 2 aromatic heterocycles. The van der Waals surface area contributed by atoms with Crippen molar-refractivity contribution in [1.82, 2.24) is 9.97 Å². The summed E-state index contributed by atoms with van der Waals surface area (Å²) < 4.78 is 26.8. The Balaban J connectivity index is 1.68. The van der Waals surface area contributed by atoms with Crippen LogP contribution < -0.4 is 5.32 Å². The van der Waals surface area contributed by atoms with E-state index >= 15 is 0 Å². The third-order valence-corrected chi connectivity index (χ3v) is 7.42. The van der Waals surface area contributed by atoms with Gasteiger partial charge >= 0.3 is 0 Å². The number of carbonyl (C=O) groups excluding carboxylic acids is 1. The van der Waals surface area contributed by atoms with Crippen molar-refractivity contribution >= 4 is 45.8 Å². The second-order valence-corrected chi connectivity index (χ2v) is 10.5. The highest BCUT2D eigenvalue weighted by Crippen LogP contribution is 2.40. The minimum absolute atomic E-state index is 0.113. The summed E-state index contributed by atoms with van der Waals surface area (Å²) in [5.41, 5.74) is -0.140. The topological polar surface area (TPSA) is 75.1 Å². The molecule has 3 aromatic rings. The molecule has 0 bridgehead atoms. The summed E-state index contributed by atoms with van der Waals surface area (Å²) >= 11 is 6.15. The number of carbonyl (C=O) groups is 1. The maximum absolute atomic E-state index is 13.0. The largest absolute Gasteiger partial charge is 0.386 e. The van der Waals surface area contributed by atoms with E-state index < -0.39 is 23.6 Å². The van der Waals surface area contributed by atoms with Gasteiger partial charge in [-0.3, -0.25) is 4.79 Å². The van der Waals surface area contributed by atoms with Crippen LogP contribution in [0.1, 0.15) is 78.6 Å². The molecule has 1 aromatic carbocycles. The Labute approximate surface area is 194 Å². The molecular weight excluding hydrogens is 452 g/mol. The SMILES string of the molecule is CC(C)(O)c1cc2nc(C3CCC(S)CC3)sc2cc1NC(=O)c1cccc(C(F)F)n1. The molecule has 0 unspecified atom stereocenters. The van der Waals surface area contributed by atoms with Crippen LogP contribution in [0, 0.1) is 0 Å². The van der Waals surface area contributed by atoms with Crippen molar-refractivity contribution in [2.24, 2.45) is 0 Å². The number of fused-ring (bicyclic) bond motifs is 1. The van der Waals surface area contributed by atoms with Crippen LogP contribution in [0.2, 0.25) is 0 Å². The fourth-order valence-corrected chi connectivity index (χ4v) is 5.44. The summed E-state index contributed by atoms with van der Waals surface area (Å²) in [5.74, 6) is -0.227. The Morgan fingerprint density at radius 1 is 1.22 bits per heavy atom. The first kappa shape index (κ1) is 23.1. The van der Waals surface area contributed by atoms with Crippen molar-refractivity contribution in [1.29, 1.82) is 0 Å². The maximum atomic E-state index is 13.0. The normalized spacial score (nSPS) is 19.5. The van der Waals surface area contributed by atoms with Gasteiger partial charge < -0.3 is 10.4 Å². The van der Waals surface area contributed by atoms with Crippen molar-refractivity contribution < 1.29 is 18.7 Å². The summed E-state index contributed by atoms with van der Waals surface area (Å²) in [4.78, 5) is 21.3. The number of thiazole rings is 1. The molecule has 32 heavy (non-hydrogen) atoms. The number of nitrogens with one attached hydrogen (secondary N) is 1. The van der Waals surface area contributed by atoms with E-state index in [4.69, 9.17) is 4.98 Å². The molecule has 1 fully saturated rings. The number of hydrogen-bond acceptors (Lipinski definition) is 6. The number of aromatic nitrogens is 2. The first-order valence-electron chi connectivity index (χ1n) is 10.5. The van der Waals surface area contributed by atoms with E-state index in [-0.39, 0.29) is 5.69 Å². The second kappa shape index (κ2) is 9.03. The summed E-state index contributed by atoms with van der Waals surface area (Å²) in [5, 5.41) is 15.0. The fourth-order valence-electron chi connectivity index (χ4n) is 3.98. The number of aliphatic hydroxyl groups is 1. The lowest BCUT2D eigenvalue weighted by Crippen LogP contribution is -2.21. The summed E-state index contributed by atoms with van der Waals surface area (Å²) in [6.45, 7) is 3.25. The lowest BCUT2D eigenvalue weighted by molar-refractivity contribution is 0.0794. The van der Waals surface area contributed by atoms with Crippen LogP contribution in [0.15, 0.2) is 30.3 Å². The molecule has 0 spiro atoms. The number of amides is 1. The lowest BCUT2D eigenvalue weighted by Gasteiger charge is -2.23. The van der Waals surface area contributed by atoms with E-state index in [1.807, 2.05) is 0 Å². The Morgan fingerprint density at radius 2 is 1.94 bits per heavy atom. The number of anilines is 1. The Morgan fingerprint density at radius 3 is 2.59 bits per heavy atom. The number of hydrogen-bond donors (Lipinski definition) is 3. The molecule has 0 saturated heterocycles. The van der Waals surface area contributed by atoms with Crippen LogP contribution in [-0.4, -0.2) is 26.2 Å². The highest BCUT2D eigenvalue weighted by Gasteiger charge is 2.26. The van der Waals surface area contributed by atoms with Crippen LogP contribution >= 0.6 is 24.0 Å². The van der Waals surface area contributed by atoms with E-state index in [0.29, 0.717) is 22.4 Å². The van der Waals surface area contributed by atoms with E-state index in [0.717, 1.165) is 40.9 Å². The van der Waals surface area contributed by atoms with Gasteiger partial charge in [0, 0.05) is 22.4 Å². The van der Waals surface area contributed by atoms with E-state index in [9.17, 15) is 18.7 Å². The number of benzene rings is 1. The van der Waals surface area contributed by atoms with Crippen LogP contribution in [0.5, 0.6) is 0 Å². The number of nitrogens with zero attached hydrogens (tertiary/aromatic N) is 2. The van der Waals surface area contributed by atoms with Gasteiger partial charge in [-0.2, -0.15) is 12.6 Å². The van der Waals surface area contributed by atoms with Crippen molar-refractivity contribution in [2.75, 3.05) is 5.32 Å². The summed E-state index contributed by atoms with van der Waals surface area (Å²) in [6, 6.07) is 7.52. The zero-order chi connectivity index (χ0) is 23.0. The smallest absolute Gasteiger partial charge is 0.280 e. The van der Waals surface area contributed by atoms with Gasteiger partial charge in [0.2, 0.25) is 0 Å². The summed E-state index contributed by atoms with van der Waals surface area (Å²) in [7, 11) is 0. The van der Waals surface area contributed by atoms with Gasteiger partial charge in [0.25, 0.3) is 12.3 Å². The maximum Gasteiger partial charge on any atom is 0.280 e. The monoisotopic (exact) mass is 477 g/mol. The highest BCUT2D eigenvalue weighted by atomic mass is 32.1. The van der Waals surface area contributed by atoms with E-state index in [1.54, 1.807) is 37.3 Å². The van der Waals surface area contributed by atoms with Crippen molar-refractivity contribution in [3.8, 4) is 0 Å². The average Bonchev–Trinajstić information content (AvgIpc) is 3.16. The van der Waals surface area contributed by atoms with Gasteiger partial charge in [-0.15, -0.1) is 11.3 Å². The molecule has 9 heteroatoms. The van der Waals surface area contributed by atoms with Crippen molar-refractivity contribution in [2.45, 2.75) is 62.7 Å².